The minimum absolute atomic E-state index is 0.0904. The second-order valence-electron chi connectivity index (χ2n) is 6.32. The van der Waals surface area contributed by atoms with E-state index in [4.69, 9.17) is 4.52 Å². The molecule has 0 spiro atoms. The lowest BCUT2D eigenvalue weighted by atomic mass is 10.1. The first kappa shape index (κ1) is 19.3. The van der Waals surface area contributed by atoms with Crippen LogP contribution in [0.25, 0.3) is 11.3 Å². The van der Waals surface area contributed by atoms with E-state index < -0.39 is 0 Å². The highest BCUT2D eigenvalue weighted by Gasteiger charge is 2.18. The number of likely N-dealkylation sites (N-methyl/N-ethyl adjacent to an activating group) is 1. The molecule has 0 aliphatic rings. The van der Waals surface area contributed by atoms with E-state index in [9.17, 15) is 9.18 Å². The van der Waals surface area contributed by atoms with Crippen molar-refractivity contribution < 1.29 is 13.7 Å². The topological polar surface area (TPSA) is 58.4 Å². The fourth-order valence-electron chi connectivity index (χ4n) is 2.70. The number of carbonyl (C=O) groups excluding carboxylic acids is 1. The molecule has 1 aromatic heterocycles. The molecule has 0 bridgehead atoms. The quantitative estimate of drug-likeness (QED) is 0.632. The van der Waals surface area contributed by atoms with Gasteiger partial charge in [-0.2, -0.15) is 0 Å². The molecule has 27 heavy (non-hydrogen) atoms. The third kappa shape index (κ3) is 4.81. The van der Waals surface area contributed by atoms with Gasteiger partial charge in [0.2, 0.25) is 0 Å². The molecule has 1 atom stereocenters. The van der Waals surface area contributed by atoms with Crippen LogP contribution >= 0.6 is 15.9 Å². The van der Waals surface area contributed by atoms with Crippen molar-refractivity contribution in [3.05, 3.63) is 76.1 Å². The number of hydrogen-bond donors (Lipinski definition) is 1. The van der Waals surface area contributed by atoms with E-state index in [1.54, 1.807) is 18.2 Å². The van der Waals surface area contributed by atoms with Crippen LogP contribution in [0, 0.1) is 5.82 Å². The van der Waals surface area contributed by atoms with Crippen LogP contribution in [0.5, 0.6) is 0 Å². The highest BCUT2D eigenvalue weighted by molar-refractivity contribution is 9.10. The first-order valence-corrected chi connectivity index (χ1v) is 9.16. The summed E-state index contributed by atoms with van der Waals surface area (Å²) in [5.74, 6) is -0.0882. The summed E-state index contributed by atoms with van der Waals surface area (Å²) in [4.78, 5) is 14.4. The lowest BCUT2D eigenvalue weighted by molar-refractivity contribution is 0.0933. The standard InChI is InChI=1S/C20H19BrFN3O2/c1-25(2)18(13-5-9-16(22)10-6-13)12-23-20(26)17-11-19(27-24-17)14-3-7-15(21)8-4-14/h3-11,18H,12H2,1-2H3,(H,23,26). The highest BCUT2D eigenvalue weighted by atomic mass is 79.9. The number of nitrogens with one attached hydrogen (secondary N) is 1. The molecule has 1 unspecified atom stereocenters. The Bertz CT molecular complexity index is 908. The minimum atomic E-state index is -0.323. The Morgan fingerprint density at radius 3 is 2.48 bits per heavy atom. The van der Waals surface area contributed by atoms with E-state index in [1.807, 2.05) is 43.3 Å². The van der Waals surface area contributed by atoms with Crippen LogP contribution in [-0.4, -0.2) is 36.6 Å². The van der Waals surface area contributed by atoms with Gasteiger partial charge >= 0.3 is 0 Å². The molecule has 0 fully saturated rings. The molecule has 140 valence electrons. The van der Waals surface area contributed by atoms with Crippen LogP contribution in [0.4, 0.5) is 4.39 Å². The van der Waals surface area contributed by atoms with Gasteiger partial charge < -0.3 is 14.7 Å². The Labute approximate surface area is 165 Å². The monoisotopic (exact) mass is 431 g/mol. The fourth-order valence-corrected chi connectivity index (χ4v) is 2.96. The van der Waals surface area contributed by atoms with Crippen LogP contribution in [-0.2, 0) is 0 Å². The van der Waals surface area contributed by atoms with Crippen molar-refractivity contribution in [1.29, 1.82) is 0 Å². The van der Waals surface area contributed by atoms with Crippen LogP contribution in [0.1, 0.15) is 22.1 Å². The summed E-state index contributed by atoms with van der Waals surface area (Å²) in [7, 11) is 3.81. The third-order valence-electron chi connectivity index (χ3n) is 4.21. The van der Waals surface area contributed by atoms with Crippen LogP contribution < -0.4 is 5.32 Å². The Hall–Kier alpha value is -2.51. The number of nitrogens with zero attached hydrogens (tertiary/aromatic N) is 2. The van der Waals surface area contributed by atoms with Gasteiger partial charge in [0.15, 0.2) is 11.5 Å². The number of amides is 1. The molecule has 0 saturated carbocycles. The molecule has 0 saturated heterocycles. The van der Waals surface area contributed by atoms with Gasteiger partial charge in [0.05, 0.1) is 6.04 Å². The van der Waals surface area contributed by atoms with E-state index in [-0.39, 0.29) is 23.5 Å². The van der Waals surface area contributed by atoms with Crippen molar-refractivity contribution in [2.45, 2.75) is 6.04 Å². The number of rotatable bonds is 6. The Balaban J connectivity index is 1.67. The van der Waals surface area contributed by atoms with Crippen LogP contribution in [0.3, 0.4) is 0 Å². The molecule has 1 amide bonds. The molecule has 1 heterocycles. The second-order valence-corrected chi connectivity index (χ2v) is 7.24. The maximum atomic E-state index is 13.1. The summed E-state index contributed by atoms with van der Waals surface area (Å²) in [5.41, 5.74) is 1.96. The number of aromatic nitrogens is 1. The molecule has 0 radical (unpaired) electrons. The lowest BCUT2D eigenvalue weighted by Gasteiger charge is -2.25. The number of benzene rings is 2. The molecule has 0 aliphatic heterocycles. The number of halogens is 2. The van der Waals surface area contributed by atoms with Crippen LogP contribution in [0.2, 0.25) is 0 Å². The van der Waals surface area contributed by atoms with Gasteiger partial charge in [-0.15, -0.1) is 0 Å². The van der Waals surface area contributed by atoms with E-state index in [0.717, 1.165) is 15.6 Å². The van der Waals surface area contributed by atoms with Gasteiger partial charge in [0.25, 0.3) is 5.91 Å². The molecular weight excluding hydrogens is 413 g/mol. The van der Waals surface area contributed by atoms with E-state index in [1.165, 1.54) is 12.1 Å². The first-order valence-electron chi connectivity index (χ1n) is 8.37. The molecule has 7 heteroatoms. The smallest absolute Gasteiger partial charge is 0.273 e. The van der Waals surface area contributed by atoms with E-state index in [0.29, 0.717) is 12.3 Å². The SMILES string of the molecule is CN(C)C(CNC(=O)c1cc(-c2ccc(Br)cc2)on1)c1ccc(F)cc1. The van der Waals surface area contributed by atoms with E-state index in [2.05, 4.69) is 26.4 Å². The predicted molar refractivity (Wildman–Crippen MR) is 105 cm³/mol. The van der Waals surface area contributed by atoms with Crippen molar-refractivity contribution >= 4 is 21.8 Å². The summed E-state index contributed by atoms with van der Waals surface area (Å²) < 4.78 is 19.4. The molecule has 0 aliphatic carbocycles. The number of carbonyl (C=O) groups is 1. The van der Waals surface area contributed by atoms with Crippen molar-refractivity contribution in [1.82, 2.24) is 15.4 Å². The molecular formula is C20H19BrFN3O2. The molecule has 3 aromatic rings. The summed E-state index contributed by atoms with van der Waals surface area (Å²) in [6.07, 6.45) is 0. The zero-order chi connectivity index (χ0) is 19.4. The minimum Gasteiger partial charge on any atom is -0.355 e. The lowest BCUT2D eigenvalue weighted by Crippen LogP contribution is -2.34. The van der Waals surface area contributed by atoms with E-state index >= 15 is 0 Å². The van der Waals surface area contributed by atoms with Gasteiger partial charge in [-0.25, -0.2) is 4.39 Å². The maximum Gasteiger partial charge on any atom is 0.273 e. The second kappa shape index (κ2) is 8.45. The Kier molecular flexibility index (Phi) is 6.03. The molecule has 5 nitrogen and oxygen atoms in total. The van der Waals surface area contributed by atoms with Gasteiger partial charge in [-0.3, -0.25) is 4.79 Å². The third-order valence-corrected chi connectivity index (χ3v) is 4.73. The van der Waals surface area contributed by atoms with Crippen molar-refractivity contribution in [2.75, 3.05) is 20.6 Å². The predicted octanol–water partition coefficient (Wildman–Crippen LogP) is 4.28. The van der Waals surface area contributed by atoms with Crippen molar-refractivity contribution in [3.8, 4) is 11.3 Å². The summed E-state index contributed by atoms with van der Waals surface area (Å²) in [6, 6.07) is 15.3. The normalized spacial score (nSPS) is 12.2. The highest BCUT2D eigenvalue weighted by Crippen LogP contribution is 2.23. The summed E-state index contributed by atoms with van der Waals surface area (Å²) >= 11 is 3.38. The zero-order valence-electron chi connectivity index (χ0n) is 14.9. The number of hydrogen-bond acceptors (Lipinski definition) is 4. The van der Waals surface area contributed by atoms with Gasteiger partial charge in [-0.1, -0.05) is 45.4 Å². The van der Waals surface area contributed by atoms with Gasteiger partial charge in [-0.05, 0) is 43.9 Å². The van der Waals surface area contributed by atoms with Crippen molar-refractivity contribution in [2.24, 2.45) is 0 Å². The first-order chi connectivity index (χ1) is 12.9. The Morgan fingerprint density at radius 2 is 1.85 bits per heavy atom. The maximum absolute atomic E-state index is 13.1. The average Bonchev–Trinajstić information content (AvgIpc) is 3.14. The van der Waals surface area contributed by atoms with Gasteiger partial charge in [0.1, 0.15) is 5.82 Å². The Morgan fingerprint density at radius 1 is 1.19 bits per heavy atom. The van der Waals surface area contributed by atoms with Crippen molar-refractivity contribution in [3.63, 3.8) is 0 Å². The molecule has 1 N–H and O–H groups in total. The molecule has 2 aromatic carbocycles. The molecule has 3 rings (SSSR count). The average molecular weight is 432 g/mol. The fraction of sp³-hybridized carbons (Fsp3) is 0.200. The summed E-state index contributed by atoms with van der Waals surface area (Å²) in [5, 5.41) is 6.72. The zero-order valence-corrected chi connectivity index (χ0v) is 16.5. The largest absolute Gasteiger partial charge is 0.355 e. The summed E-state index contributed by atoms with van der Waals surface area (Å²) in [6.45, 7) is 0.359. The van der Waals surface area contributed by atoms with Gasteiger partial charge in [0, 0.05) is 22.6 Å². The van der Waals surface area contributed by atoms with Crippen LogP contribution in [0.15, 0.2) is 63.6 Å².